The number of fused-ring (bicyclic) bond motifs is 2. The van der Waals surface area contributed by atoms with Gasteiger partial charge in [0.1, 0.15) is 29.9 Å². The summed E-state index contributed by atoms with van der Waals surface area (Å²) in [6.45, 7) is 1.09. The minimum Gasteiger partial charge on any atom is -0.486 e. The maximum atomic E-state index is 9.24. The van der Waals surface area contributed by atoms with E-state index < -0.39 is 0 Å². The number of hydrogen-bond donors (Lipinski definition) is 1. The Morgan fingerprint density at radius 1 is 0.909 bits per heavy atom. The van der Waals surface area contributed by atoms with Crippen molar-refractivity contribution >= 4 is 11.0 Å². The lowest BCUT2D eigenvalue weighted by atomic mass is 10.1. The summed E-state index contributed by atoms with van der Waals surface area (Å²) < 4.78 is 17.0. The molecule has 1 aliphatic heterocycles. The molecule has 0 fully saturated rings. The second kappa shape index (κ2) is 5.11. The minimum absolute atomic E-state index is 0.465. The average molecular weight is 295 g/mol. The molecule has 0 bridgehead atoms. The van der Waals surface area contributed by atoms with Crippen LogP contribution in [0.3, 0.4) is 0 Å². The van der Waals surface area contributed by atoms with Crippen molar-refractivity contribution in [2.75, 3.05) is 13.2 Å². The standard InChI is InChI=1S/C17H13NO4/c19-18-13-10-16(22-14-4-2-1-3-12(13)14)11-5-6-15-17(9-11)21-8-7-20-15/h1-6,9-10,19H,7-8H2/b18-13-. The van der Waals surface area contributed by atoms with E-state index in [-0.39, 0.29) is 0 Å². The number of para-hydroxylation sites is 1. The monoisotopic (exact) mass is 295 g/mol. The number of hydrogen-bond acceptors (Lipinski definition) is 5. The van der Waals surface area contributed by atoms with E-state index in [2.05, 4.69) is 5.16 Å². The van der Waals surface area contributed by atoms with Crippen LogP contribution in [0.5, 0.6) is 11.5 Å². The van der Waals surface area contributed by atoms with Crippen LogP contribution >= 0.6 is 0 Å². The van der Waals surface area contributed by atoms with Crippen molar-refractivity contribution < 1.29 is 19.1 Å². The Kier molecular flexibility index (Phi) is 2.96. The van der Waals surface area contributed by atoms with Crippen LogP contribution in [-0.4, -0.2) is 18.4 Å². The topological polar surface area (TPSA) is 64.2 Å². The predicted molar refractivity (Wildman–Crippen MR) is 80.0 cm³/mol. The summed E-state index contributed by atoms with van der Waals surface area (Å²) in [6.07, 6.45) is 0. The lowest BCUT2D eigenvalue weighted by Gasteiger charge is -2.18. The second-order valence-electron chi connectivity index (χ2n) is 4.95. The van der Waals surface area contributed by atoms with Crippen molar-refractivity contribution in [1.82, 2.24) is 0 Å². The fraction of sp³-hybridized carbons (Fsp3) is 0.118. The Hall–Kier alpha value is -2.95. The first kappa shape index (κ1) is 12.8. The third kappa shape index (κ3) is 2.07. The zero-order valence-electron chi connectivity index (χ0n) is 11.7. The first-order chi connectivity index (χ1) is 10.8. The average Bonchev–Trinajstić information content (AvgIpc) is 2.60. The molecule has 0 saturated heterocycles. The molecule has 5 nitrogen and oxygen atoms in total. The number of rotatable bonds is 1. The van der Waals surface area contributed by atoms with Gasteiger partial charge in [0.2, 0.25) is 0 Å². The molecule has 1 N–H and O–H groups in total. The van der Waals surface area contributed by atoms with Crippen molar-refractivity contribution in [2.45, 2.75) is 0 Å². The number of nitrogens with zero attached hydrogens (tertiary/aromatic N) is 1. The van der Waals surface area contributed by atoms with E-state index in [0.29, 0.717) is 35.7 Å². The van der Waals surface area contributed by atoms with E-state index in [1.165, 1.54) is 0 Å². The van der Waals surface area contributed by atoms with Crippen molar-refractivity contribution in [1.29, 1.82) is 0 Å². The smallest absolute Gasteiger partial charge is 0.162 e. The fourth-order valence-electron chi connectivity index (χ4n) is 2.54. The molecule has 3 aromatic rings. The highest BCUT2D eigenvalue weighted by atomic mass is 16.6. The first-order valence-electron chi connectivity index (χ1n) is 6.96. The van der Waals surface area contributed by atoms with Gasteiger partial charge in [-0.25, -0.2) is 0 Å². The Bertz CT molecular complexity index is 914. The molecule has 2 aromatic carbocycles. The Labute approximate surface area is 126 Å². The molecular formula is C17H13NO4. The second-order valence-corrected chi connectivity index (χ2v) is 4.95. The van der Waals surface area contributed by atoms with Crippen molar-refractivity contribution in [2.24, 2.45) is 5.16 Å². The molecule has 0 amide bonds. The molecule has 0 spiro atoms. The maximum Gasteiger partial charge on any atom is 0.162 e. The zero-order valence-corrected chi connectivity index (χ0v) is 11.7. The SMILES string of the molecule is O/N=c1/cc(-c2ccc3c(c2)OCCO3)oc2ccccc12. The summed E-state index contributed by atoms with van der Waals surface area (Å²) in [5.41, 5.74) is 1.49. The zero-order chi connectivity index (χ0) is 14.9. The molecular weight excluding hydrogens is 282 g/mol. The third-order valence-electron chi connectivity index (χ3n) is 3.59. The van der Waals surface area contributed by atoms with Crippen LogP contribution in [-0.2, 0) is 0 Å². The van der Waals surface area contributed by atoms with Crippen LogP contribution in [0.25, 0.3) is 22.3 Å². The Balaban J connectivity index is 1.91. The summed E-state index contributed by atoms with van der Waals surface area (Å²) in [5, 5.41) is 13.8. The van der Waals surface area contributed by atoms with E-state index in [1.807, 2.05) is 42.5 Å². The molecule has 2 heterocycles. The normalized spacial score (nSPS) is 14.3. The molecule has 1 aromatic heterocycles. The van der Waals surface area contributed by atoms with Crippen LogP contribution < -0.4 is 14.8 Å². The first-order valence-corrected chi connectivity index (χ1v) is 6.96. The van der Waals surface area contributed by atoms with E-state index >= 15 is 0 Å². The van der Waals surface area contributed by atoms with Gasteiger partial charge in [0.25, 0.3) is 0 Å². The van der Waals surface area contributed by atoms with Gasteiger partial charge in [-0.2, -0.15) is 0 Å². The van der Waals surface area contributed by atoms with Gasteiger partial charge in [-0.15, -0.1) is 0 Å². The Morgan fingerprint density at radius 3 is 2.59 bits per heavy atom. The van der Waals surface area contributed by atoms with Gasteiger partial charge in [0, 0.05) is 17.0 Å². The quantitative estimate of drug-likeness (QED) is 0.553. The maximum absolute atomic E-state index is 9.24. The molecule has 5 heteroatoms. The van der Waals surface area contributed by atoms with Gasteiger partial charge in [-0.1, -0.05) is 17.3 Å². The van der Waals surface area contributed by atoms with Gasteiger partial charge in [-0.05, 0) is 30.3 Å². The summed E-state index contributed by atoms with van der Waals surface area (Å²) in [7, 11) is 0. The molecule has 110 valence electrons. The van der Waals surface area contributed by atoms with E-state index in [0.717, 1.165) is 16.7 Å². The summed E-state index contributed by atoms with van der Waals surface area (Å²) >= 11 is 0. The van der Waals surface area contributed by atoms with Crippen LogP contribution in [0.4, 0.5) is 0 Å². The molecule has 0 aliphatic carbocycles. The summed E-state index contributed by atoms with van der Waals surface area (Å²) in [4.78, 5) is 0. The third-order valence-corrected chi connectivity index (χ3v) is 3.59. The van der Waals surface area contributed by atoms with E-state index in [9.17, 15) is 5.21 Å². The summed E-state index contributed by atoms with van der Waals surface area (Å²) in [5.74, 6) is 2.01. The highest BCUT2D eigenvalue weighted by Gasteiger charge is 2.14. The number of ether oxygens (including phenoxy) is 2. The molecule has 0 radical (unpaired) electrons. The van der Waals surface area contributed by atoms with Gasteiger partial charge < -0.3 is 19.1 Å². The Morgan fingerprint density at radius 2 is 1.73 bits per heavy atom. The van der Waals surface area contributed by atoms with Gasteiger partial charge in [0.15, 0.2) is 11.5 Å². The molecule has 1 aliphatic rings. The van der Waals surface area contributed by atoms with Gasteiger partial charge in [-0.3, -0.25) is 0 Å². The molecule has 22 heavy (non-hydrogen) atoms. The fourth-order valence-corrected chi connectivity index (χ4v) is 2.54. The largest absolute Gasteiger partial charge is 0.486 e. The van der Waals surface area contributed by atoms with Crippen molar-refractivity contribution in [3.8, 4) is 22.8 Å². The number of benzene rings is 2. The predicted octanol–water partition coefficient (Wildman–Crippen LogP) is 3.16. The van der Waals surface area contributed by atoms with Crippen molar-refractivity contribution in [3.05, 3.63) is 53.9 Å². The lowest BCUT2D eigenvalue weighted by molar-refractivity contribution is 0.171. The molecule has 4 rings (SSSR count). The van der Waals surface area contributed by atoms with Crippen LogP contribution in [0.15, 0.2) is 58.1 Å². The molecule has 0 atom stereocenters. The summed E-state index contributed by atoms with van der Waals surface area (Å²) in [6, 6.07) is 14.7. The van der Waals surface area contributed by atoms with Gasteiger partial charge in [0.05, 0.1) is 0 Å². The van der Waals surface area contributed by atoms with Crippen molar-refractivity contribution in [3.63, 3.8) is 0 Å². The van der Waals surface area contributed by atoms with E-state index in [1.54, 1.807) is 6.07 Å². The molecule has 0 saturated carbocycles. The minimum atomic E-state index is 0.465. The van der Waals surface area contributed by atoms with Crippen LogP contribution in [0.2, 0.25) is 0 Å². The highest BCUT2D eigenvalue weighted by molar-refractivity contribution is 5.78. The lowest BCUT2D eigenvalue weighted by Crippen LogP contribution is -2.15. The van der Waals surface area contributed by atoms with Gasteiger partial charge >= 0.3 is 0 Å². The highest BCUT2D eigenvalue weighted by Crippen LogP contribution is 2.34. The van der Waals surface area contributed by atoms with E-state index in [4.69, 9.17) is 13.9 Å². The van der Waals surface area contributed by atoms with Crippen LogP contribution in [0, 0.1) is 0 Å². The van der Waals surface area contributed by atoms with Crippen LogP contribution in [0.1, 0.15) is 0 Å². The molecule has 0 unspecified atom stereocenters.